The lowest BCUT2D eigenvalue weighted by Gasteiger charge is -2.28. The van der Waals surface area contributed by atoms with Crippen molar-refractivity contribution in [3.63, 3.8) is 0 Å². The first-order valence-electron chi connectivity index (χ1n) is 10.2. The van der Waals surface area contributed by atoms with Crippen molar-refractivity contribution in [3.8, 4) is 11.6 Å². The molecule has 3 heterocycles. The number of hydrogen-bond donors (Lipinski definition) is 0. The van der Waals surface area contributed by atoms with Crippen LogP contribution in [0.3, 0.4) is 0 Å². The fourth-order valence-electron chi connectivity index (χ4n) is 3.99. The third-order valence-electron chi connectivity index (χ3n) is 5.50. The maximum absolute atomic E-state index is 6.11. The summed E-state index contributed by atoms with van der Waals surface area (Å²) >= 11 is 6.11. The summed E-state index contributed by atoms with van der Waals surface area (Å²) < 4.78 is 9.79. The summed E-state index contributed by atoms with van der Waals surface area (Å²) in [6.45, 7) is 0.431. The van der Waals surface area contributed by atoms with Gasteiger partial charge in [-0.2, -0.15) is 0 Å². The highest BCUT2D eigenvalue weighted by atomic mass is 35.5. The molecule has 0 unspecified atom stereocenters. The van der Waals surface area contributed by atoms with Crippen molar-refractivity contribution < 1.29 is 4.74 Å². The summed E-state index contributed by atoms with van der Waals surface area (Å²) in [5.74, 6) is 2.69. The van der Waals surface area contributed by atoms with E-state index in [-0.39, 0.29) is 12.0 Å². The van der Waals surface area contributed by atoms with Gasteiger partial charge in [-0.3, -0.25) is 4.57 Å². The molecule has 0 radical (unpaired) electrons. The van der Waals surface area contributed by atoms with Gasteiger partial charge in [-0.25, -0.2) is 9.67 Å². The number of pyridine rings is 1. The van der Waals surface area contributed by atoms with Gasteiger partial charge in [0.15, 0.2) is 5.82 Å². The minimum Gasteiger partial charge on any atom is -0.474 e. The van der Waals surface area contributed by atoms with Crippen LogP contribution in [0.25, 0.3) is 5.69 Å². The van der Waals surface area contributed by atoms with Crippen LogP contribution in [0.15, 0.2) is 55.0 Å². The molecular weight excluding hydrogens is 416 g/mol. The van der Waals surface area contributed by atoms with Crippen LogP contribution in [-0.2, 0) is 6.54 Å². The molecule has 0 N–H and O–H groups in total. The van der Waals surface area contributed by atoms with E-state index in [1.807, 2.05) is 42.5 Å². The van der Waals surface area contributed by atoms with E-state index in [1.54, 1.807) is 17.2 Å². The Kier molecular flexibility index (Phi) is 5.57. The van der Waals surface area contributed by atoms with E-state index in [0.29, 0.717) is 17.4 Å². The summed E-state index contributed by atoms with van der Waals surface area (Å²) in [7, 11) is 0. The molecule has 1 saturated carbocycles. The number of benzene rings is 1. The minimum atomic E-state index is 0.166. The molecule has 5 rings (SSSR count). The number of aromatic nitrogens is 8. The minimum absolute atomic E-state index is 0.166. The second-order valence-electron chi connectivity index (χ2n) is 7.55. The van der Waals surface area contributed by atoms with Gasteiger partial charge in [-0.05, 0) is 66.4 Å². The second-order valence-corrected chi connectivity index (χ2v) is 7.99. The number of hydrogen-bond acceptors (Lipinski definition) is 7. The van der Waals surface area contributed by atoms with Gasteiger partial charge in [0.05, 0.1) is 0 Å². The molecule has 1 aromatic carbocycles. The van der Waals surface area contributed by atoms with Crippen molar-refractivity contribution in [2.75, 3.05) is 0 Å². The summed E-state index contributed by atoms with van der Waals surface area (Å²) in [6.07, 6.45) is 7.30. The standard InChI is InChI=1S/C21H21ClN8O/c22-16-6-8-17(9-7-16)30-19(13-29-14-24-27-28-29)25-26-21(30)15-4-10-18(11-5-15)31-20-3-1-2-12-23-20/h1-3,6-9,12,14-15,18H,4-5,10-11,13H2. The first-order valence-corrected chi connectivity index (χ1v) is 10.6. The summed E-state index contributed by atoms with van der Waals surface area (Å²) in [5, 5.41) is 21.1. The number of ether oxygens (including phenoxy) is 1. The Labute approximate surface area is 184 Å². The second kappa shape index (κ2) is 8.81. The third-order valence-corrected chi connectivity index (χ3v) is 5.75. The lowest BCUT2D eigenvalue weighted by atomic mass is 9.86. The molecule has 1 aliphatic carbocycles. The highest BCUT2D eigenvalue weighted by Gasteiger charge is 2.29. The van der Waals surface area contributed by atoms with Crippen molar-refractivity contribution in [1.82, 2.24) is 40.0 Å². The number of tetrazole rings is 1. The van der Waals surface area contributed by atoms with E-state index >= 15 is 0 Å². The predicted molar refractivity (Wildman–Crippen MR) is 113 cm³/mol. The maximum Gasteiger partial charge on any atom is 0.213 e. The van der Waals surface area contributed by atoms with Gasteiger partial charge in [0.1, 0.15) is 24.8 Å². The normalized spacial score (nSPS) is 18.7. The molecule has 3 aromatic heterocycles. The summed E-state index contributed by atoms with van der Waals surface area (Å²) in [4.78, 5) is 4.27. The smallest absolute Gasteiger partial charge is 0.213 e. The Bertz CT molecular complexity index is 1110. The molecular formula is C21H21ClN8O. The quantitative estimate of drug-likeness (QED) is 0.456. The van der Waals surface area contributed by atoms with Crippen molar-refractivity contribution in [3.05, 3.63) is 71.7 Å². The molecule has 10 heteroatoms. The summed E-state index contributed by atoms with van der Waals surface area (Å²) in [6, 6.07) is 13.4. The van der Waals surface area contributed by atoms with E-state index in [9.17, 15) is 0 Å². The highest BCUT2D eigenvalue weighted by molar-refractivity contribution is 6.30. The van der Waals surface area contributed by atoms with Crippen molar-refractivity contribution in [2.24, 2.45) is 0 Å². The fraction of sp³-hybridized carbons (Fsp3) is 0.333. The molecule has 31 heavy (non-hydrogen) atoms. The zero-order chi connectivity index (χ0) is 21.0. The molecule has 1 fully saturated rings. The van der Waals surface area contributed by atoms with E-state index in [4.69, 9.17) is 16.3 Å². The molecule has 0 aliphatic heterocycles. The van der Waals surface area contributed by atoms with Gasteiger partial charge in [0.2, 0.25) is 5.88 Å². The number of nitrogens with zero attached hydrogens (tertiary/aromatic N) is 8. The molecule has 0 bridgehead atoms. The Morgan fingerprint density at radius 1 is 1.00 bits per heavy atom. The monoisotopic (exact) mass is 436 g/mol. The summed E-state index contributed by atoms with van der Waals surface area (Å²) in [5.41, 5.74) is 0.972. The van der Waals surface area contributed by atoms with Crippen molar-refractivity contribution in [2.45, 2.75) is 44.2 Å². The van der Waals surface area contributed by atoms with Crippen LogP contribution < -0.4 is 4.74 Å². The first-order chi connectivity index (χ1) is 15.3. The molecule has 0 saturated heterocycles. The van der Waals surface area contributed by atoms with E-state index in [2.05, 4.69) is 35.3 Å². The average molecular weight is 437 g/mol. The zero-order valence-electron chi connectivity index (χ0n) is 16.8. The van der Waals surface area contributed by atoms with Crippen LogP contribution in [0.1, 0.15) is 43.3 Å². The van der Waals surface area contributed by atoms with Crippen LogP contribution in [0.2, 0.25) is 5.02 Å². The van der Waals surface area contributed by atoms with Gasteiger partial charge in [-0.1, -0.05) is 17.7 Å². The fourth-order valence-corrected chi connectivity index (χ4v) is 4.12. The molecule has 1 aliphatic rings. The molecule has 0 spiro atoms. The zero-order valence-corrected chi connectivity index (χ0v) is 17.5. The number of halogens is 1. The van der Waals surface area contributed by atoms with E-state index in [1.165, 1.54) is 0 Å². The first kappa shape index (κ1) is 19.6. The third kappa shape index (κ3) is 4.41. The molecule has 0 amide bonds. The van der Waals surface area contributed by atoms with Crippen molar-refractivity contribution in [1.29, 1.82) is 0 Å². The van der Waals surface area contributed by atoms with Gasteiger partial charge in [-0.15, -0.1) is 15.3 Å². The maximum atomic E-state index is 6.11. The van der Waals surface area contributed by atoms with Crippen LogP contribution >= 0.6 is 11.6 Å². The van der Waals surface area contributed by atoms with Crippen LogP contribution in [0, 0.1) is 0 Å². The molecule has 0 atom stereocenters. The lowest BCUT2D eigenvalue weighted by Crippen LogP contribution is -2.25. The SMILES string of the molecule is Clc1ccc(-n2c(Cn3cnnn3)nnc2C2CCC(Oc3ccccn3)CC2)cc1. The van der Waals surface area contributed by atoms with Crippen LogP contribution in [0.5, 0.6) is 5.88 Å². The predicted octanol–water partition coefficient (Wildman–Crippen LogP) is 3.46. The topological polar surface area (TPSA) is 96.4 Å². The largest absolute Gasteiger partial charge is 0.474 e. The van der Waals surface area contributed by atoms with Gasteiger partial charge in [0.25, 0.3) is 0 Å². The molecule has 158 valence electrons. The van der Waals surface area contributed by atoms with Crippen molar-refractivity contribution >= 4 is 11.6 Å². The Hall–Kier alpha value is -3.33. The van der Waals surface area contributed by atoms with Crippen LogP contribution in [-0.4, -0.2) is 46.1 Å². The lowest BCUT2D eigenvalue weighted by molar-refractivity contribution is 0.139. The van der Waals surface area contributed by atoms with Gasteiger partial charge < -0.3 is 4.74 Å². The Morgan fingerprint density at radius 3 is 2.55 bits per heavy atom. The average Bonchev–Trinajstić information content (AvgIpc) is 3.46. The van der Waals surface area contributed by atoms with E-state index < -0.39 is 0 Å². The Morgan fingerprint density at radius 2 is 1.84 bits per heavy atom. The van der Waals surface area contributed by atoms with E-state index in [0.717, 1.165) is 43.0 Å². The number of rotatable bonds is 6. The molecule has 4 aromatic rings. The van der Waals surface area contributed by atoms with Gasteiger partial charge in [0, 0.05) is 28.9 Å². The van der Waals surface area contributed by atoms with Gasteiger partial charge >= 0.3 is 0 Å². The highest BCUT2D eigenvalue weighted by Crippen LogP contribution is 2.35. The van der Waals surface area contributed by atoms with Crippen LogP contribution in [0.4, 0.5) is 0 Å². The Balaban J connectivity index is 1.37. The molecule has 9 nitrogen and oxygen atoms in total.